The topological polar surface area (TPSA) is 92.3 Å². The van der Waals surface area contributed by atoms with E-state index in [4.69, 9.17) is 9.84 Å². The van der Waals surface area contributed by atoms with Gasteiger partial charge in [0.25, 0.3) is 0 Å². The number of benzene rings is 1. The van der Waals surface area contributed by atoms with Crippen molar-refractivity contribution in [2.75, 3.05) is 0 Å². The third kappa shape index (κ3) is 2.19. The van der Waals surface area contributed by atoms with E-state index in [9.17, 15) is 14.0 Å². The zero-order valence-electron chi connectivity index (χ0n) is 8.88. The molecule has 0 saturated carbocycles. The van der Waals surface area contributed by atoms with Crippen LogP contribution in [0.3, 0.4) is 0 Å². The smallest absolute Gasteiger partial charge is 0.362 e. The molecular weight excluding hydrogens is 243 g/mol. The van der Waals surface area contributed by atoms with Gasteiger partial charge in [-0.25, -0.2) is 14.0 Å². The van der Waals surface area contributed by atoms with Crippen LogP contribution in [-0.4, -0.2) is 27.2 Å². The molecule has 0 saturated heterocycles. The number of halogens is 1. The first-order chi connectivity index (χ1) is 8.59. The average Bonchev–Trinajstić information content (AvgIpc) is 2.81. The first-order valence-electron chi connectivity index (χ1n) is 4.83. The molecule has 0 aliphatic carbocycles. The first-order valence-corrected chi connectivity index (χ1v) is 4.83. The van der Waals surface area contributed by atoms with E-state index in [0.29, 0.717) is 0 Å². The molecule has 2 N–H and O–H groups in total. The van der Waals surface area contributed by atoms with E-state index in [0.717, 1.165) is 12.3 Å². The Labute approximate surface area is 100 Å². The minimum Gasteiger partial charge on any atom is -0.478 e. The second kappa shape index (κ2) is 4.66. The second-order valence-corrected chi connectivity index (χ2v) is 3.28. The van der Waals surface area contributed by atoms with Crippen LogP contribution >= 0.6 is 0 Å². The Morgan fingerprint density at radius 2 is 2.06 bits per heavy atom. The normalized spacial score (nSPS) is 10.1. The lowest BCUT2D eigenvalue weighted by Crippen LogP contribution is -2.14. The lowest BCUT2D eigenvalue weighted by Gasteiger charge is -2.03. The van der Waals surface area contributed by atoms with Crippen LogP contribution in [0.15, 0.2) is 30.5 Å². The summed E-state index contributed by atoms with van der Waals surface area (Å²) >= 11 is 0. The third-order valence-corrected chi connectivity index (χ3v) is 2.11. The number of aromatic amines is 1. The summed E-state index contributed by atoms with van der Waals surface area (Å²) in [6.07, 6.45) is 0.972. The number of carbonyl (C=O) groups is 2. The minimum absolute atomic E-state index is 0.284. The summed E-state index contributed by atoms with van der Waals surface area (Å²) in [7, 11) is 0. The molecule has 2 aromatic rings. The van der Waals surface area contributed by atoms with Crippen molar-refractivity contribution in [3.63, 3.8) is 0 Å². The summed E-state index contributed by atoms with van der Waals surface area (Å²) in [5, 5.41) is 14.4. The van der Waals surface area contributed by atoms with Crippen molar-refractivity contribution in [2.45, 2.75) is 0 Å². The van der Waals surface area contributed by atoms with Gasteiger partial charge in [-0.3, -0.25) is 5.10 Å². The number of hydrogen-bond acceptors (Lipinski definition) is 4. The number of nitrogens with one attached hydrogen (secondary N) is 1. The van der Waals surface area contributed by atoms with Crippen LogP contribution in [0.2, 0.25) is 0 Å². The zero-order chi connectivity index (χ0) is 13.1. The summed E-state index contributed by atoms with van der Waals surface area (Å²) in [5.74, 6) is -3.35. The molecule has 0 amide bonds. The Morgan fingerprint density at radius 3 is 2.72 bits per heavy atom. The Bertz CT molecular complexity index is 609. The number of nitrogens with zero attached hydrogens (tertiary/aromatic N) is 1. The second-order valence-electron chi connectivity index (χ2n) is 3.28. The highest BCUT2D eigenvalue weighted by atomic mass is 19.1. The SMILES string of the molecule is O=C(O)c1cn[nH]c1C(=O)Oc1ccccc1F. The Balaban J connectivity index is 2.25. The van der Waals surface area contributed by atoms with Crippen LogP contribution in [0.4, 0.5) is 4.39 Å². The molecule has 0 bridgehead atoms. The van der Waals surface area contributed by atoms with Crippen molar-refractivity contribution in [2.24, 2.45) is 0 Å². The van der Waals surface area contributed by atoms with Gasteiger partial charge in [-0.1, -0.05) is 12.1 Å². The lowest BCUT2D eigenvalue weighted by atomic mass is 10.2. The summed E-state index contributed by atoms with van der Waals surface area (Å²) in [5.41, 5.74) is -0.679. The number of para-hydroxylation sites is 1. The predicted octanol–water partition coefficient (Wildman–Crippen LogP) is 1.47. The summed E-state index contributed by atoms with van der Waals surface area (Å²) in [6, 6.07) is 5.29. The molecule has 7 heteroatoms. The Hall–Kier alpha value is -2.70. The molecule has 6 nitrogen and oxygen atoms in total. The van der Waals surface area contributed by atoms with E-state index in [2.05, 4.69) is 10.2 Å². The van der Waals surface area contributed by atoms with E-state index in [-0.39, 0.29) is 17.0 Å². The minimum atomic E-state index is -1.33. The lowest BCUT2D eigenvalue weighted by molar-refractivity contribution is 0.0664. The number of rotatable bonds is 3. The van der Waals surface area contributed by atoms with Crippen LogP contribution < -0.4 is 4.74 Å². The first kappa shape index (κ1) is 11.8. The van der Waals surface area contributed by atoms with Gasteiger partial charge in [-0.2, -0.15) is 5.10 Å². The number of esters is 1. The fraction of sp³-hybridized carbons (Fsp3) is 0. The highest BCUT2D eigenvalue weighted by Gasteiger charge is 2.21. The number of ether oxygens (including phenoxy) is 1. The van der Waals surface area contributed by atoms with Crippen LogP contribution in [-0.2, 0) is 0 Å². The molecule has 0 aliphatic heterocycles. The number of aromatic nitrogens is 2. The highest BCUT2D eigenvalue weighted by Crippen LogP contribution is 2.17. The molecule has 1 aromatic carbocycles. The average molecular weight is 250 g/mol. The predicted molar refractivity (Wildman–Crippen MR) is 56.9 cm³/mol. The fourth-order valence-corrected chi connectivity index (χ4v) is 1.28. The van der Waals surface area contributed by atoms with E-state index >= 15 is 0 Å². The van der Waals surface area contributed by atoms with Crippen molar-refractivity contribution >= 4 is 11.9 Å². The number of hydrogen-bond donors (Lipinski definition) is 2. The van der Waals surface area contributed by atoms with Gasteiger partial charge < -0.3 is 9.84 Å². The molecule has 0 unspecified atom stereocenters. The monoisotopic (exact) mass is 250 g/mol. The number of carboxylic acids is 1. The number of aromatic carboxylic acids is 1. The zero-order valence-corrected chi connectivity index (χ0v) is 8.88. The molecule has 92 valence electrons. The molecule has 1 aromatic heterocycles. The van der Waals surface area contributed by atoms with Crippen molar-refractivity contribution in [1.29, 1.82) is 0 Å². The Kier molecular flexibility index (Phi) is 3.05. The van der Waals surface area contributed by atoms with Crippen LogP contribution in [0.5, 0.6) is 5.75 Å². The van der Waals surface area contributed by atoms with Crippen LogP contribution in [0, 0.1) is 5.82 Å². The van der Waals surface area contributed by atoms with E-state index < -0.39 is 17.8 Å². The van der Waals surface area contributed by atoms with Gasteiger partial charge in [0.15, 0.2) is 17.3 Å². The standard InChI is InChI=1S/C11H7FN2O4/c12-7-3-1-2-4-8(7)18-11(17)9-6(10(15)16)5-13-14-9/h1-5H,(H,13,14)(H,15,16). The third-order valence-electron chi connectivity index (χ3n) is 2.11. The van der Waals surface area contributed by atoms with E-state index in [1.54, 1.807) is 0 Å². The van der Waals surface area contributed by atoms with Crippen molar-refractivity contribution in [1.82, 2.24) is 10.2 Å². The molecule has 1 heterocycles. The number of H-pyrrole nitrogens is 1. The maximum Gasteiger partial charge on any atom is 0.362 e. The van der Waals surface area contributed by atoms with Crippen molar-refractivity contribution < 1.29 is 23.8 Å². The van der Waals surface area contributed by atoms with Crippen LogP contribution in [0.25, 0.3) is 0 Å². The van der Waals surface area contributed by atoms with Gasteiger partial charge in [-0.05, 0) is 12.1 Å². The molecule has 0 fully saturated rings. The van der Waals surface area contributed by atoms with Crippen molar-refractivity contribution in [3.8, 4) is 5.75 Å². The maximum absolute atomic E-state index is 13.2. The maximum atomic E-state index is 13.2. The molecule has 18 heavy (non-hydrogen) atoms. The molecule has 0 aliphatic rings. The number of carbonyl (C=O) groups excluding carboxylic acids is 1. The van der Waals surface area contributed by atoms with Gasteiger partial charge in [-0.15, -0.1) is 0 Å². The summed E-state index contributed by atoms with van der Waals surface area (Å²) < 4.78 is 18.0. The number of carboxylic acid groups (broad SMARTS) is 1. The van der Waals surface area contributed by atoms with Gasteiger partial charge in [0.05, 0.1) is 6.20 Å². The summed E-state index contributed by atoms with van der Waals surface area (Å²) in [4.78, 5) is 22.4. The van der Waals surface area contributed by atoms with Crippen LogP contribution in [0.1, 0.15) is 20.8 Å². The summed E-state index contributed by atoms with van der Waals surface area (Å²) in [6.45, 7) is 0. The molecule has 2 rings (SSSR count). The molecular formula is C11H7FN2O4. The fourth-order valence-electron chi connectivity index (χ4n) is 1.28. The molecule has 0 atom stereocenters. The van der Waals surface area contributed by atoms with E-state index in [1.807, 2.05) is 0 Å². The highest BCUT2D eigenvalue weighted by molar-refractivity contribution is 6.01. The van der Waals surface area contributed by atoms with Gasteiger partial charge in [0.2, 0.25) is 0 Å². The largest absolute Gasteiger partial charge is 0.478 e. The molecule has 0 radical (unpaired) electrons. The van der Waals surface area contributed by atoms with Gasteiger partial charge >= 0.3 is 11.9 Å². The van der Waals surface area contributed by atoms with Crippen molar-refractivity contribution in [3.05, 3.63) is 47.5 Å². The van der Waals surface area contributed by atoms with E-state index in [1.165, 1.54) is 18.2 Å². The van der Waals surface area contributed by atoms with Gasteiger partial charge in [0.1, 0.15) is 5.56 Å². The quantitative estimate of drug-likeness (QED) is 0.635. The van der Waals surface area contributed by atoms with Gasteiger partial charge in [0, 0.05) is 0 Å². The molecule has 0 spiro atoms. The Morgan fingerprint density at radius 1 is 1.33 bits per heavy atom.